The van der Waals surface area contributed by atoms with E-state index in [1.807, 2.05) is 6.07 Å². The highest BCUT2D eigenvalue weighted by atomic mass is 16.4. The smallest absolute Gasteiger partial charge is 0.307 e. The number of phenols is 1. The van der Waals surface area contributed by atoms with Crippen LogP contribution in [0.5, 0.6) is 5.75 Å². The maximum atomic E-state index is 10.8. The van der Waals surface area contributed by atoms with Gasteiger partial charge in [-0.1, -0.05) is 47.1 Å². The first-order valence-corrected chi connectivity index (χ1v) is 9.75. The zero-order valence-corrected chi connectivity index (χ0v) is 17.2. The van der Waals surface area contributed by atoms with E-state index in [2.05, 4.69) is 45.9 Å². The van der Waals surface area contributed by atoms with Gasteiger partial charge in [-0.05, 0) is 77.8 Å². The number of benzene rings is 1. The zero-order chi connectivity index (χ0) is 20.2. The van der Waals surface area contributed by atoms with Crippen LogP contribution < -0.4 is 0 Å². The van der Waals surface area contributed by atoms with Gasteiger partial charge in [-0.25, -0.2) is 0 Å². The van der Waals surface area contributed by atoms with Crippen molar-refractivity contribution in [1.82, 2.24) is 0 Å². The molecule has 0 saturated heterocycles. The number of allylic oxidation sites excluding steroid dienone is 6. The number of carboxylic acid groups (broad SMARTS) is 1. The van der Waals surface area contributed by atoms with Gasteiger partial charge in [0.15, 0.2) is 0 Å². The van der Waals surface area contributed by atoms with Crippen LogP contribution in [0.3, 0.4) is 0 Å². The molecule has 3 heteroatoms. The summed E-state index contributed by atoms with van der Waals surface area (Å²) in [6.07, 6.45) is 12.9. The van der Waals surface area contributed by atoms with Gasteiger partial charge in [0.1, 0.15) is 5.75 Å². The lowest BCUT2D eigenvalue weighted by Gasteiger charge is -2.06. The van der Waals surface area contributed by atoms with Crippen LogP contribution in [-0.2, 0) is 17.6 Å². The summed E-state index contributed by atoms with van der Waals surface area (Å²) in [5, 5.41) is 18.6. The molecular weight excluding hydrogens is 336 g/mol. The molecule has 0 fully saturated rings. The molecule has 0 amide bonds. The Balaban J connectivity index is 2.42. The molecule has 0 unspecified atom stereocenters. The van der Waals surface area contributed by atoms with Gasteiger partial charge in [-0.3, -0.25) is 4.79 Å². The lowest BCUT2D eigenvalue weighted by Crippen LogP contribution is -2.01. The van der Waals surface area contributed by atoms with E-state index in [0.29, 0.717) is 5.56 Å². The summed E-state index contributed by atoms with van der Waals surface area (Å²) in [6.45, 7) is 8.65. The maximum absolute atomic E-state index is 10.8. The molecule has 2 N–H and O–H groups in total. The Morgan fingerprint density at radius 1 is 0.926 bits per heavy atom. The van der Waals surface area contributed by atoms with Crippen molar-refractivity contribution in [3.05, 3.63) is 64.3 Å². The first-order chi connectivity index (χ1) is 12.8. The van der Waals surface area contributed by atoms with Gasteiger partial charge in [-0.15, -0.1) is 0 Å². The van der Waals surface area contributed by atoms with Crippen molar-refractivity contribution in [3.8, 4) is 5.75 Å². The van der Waals surface area contributed by atoms with Crippen molar-refractivity contribution < 1.29 is 15.0 Å². The number of carboxylic acids is 1. The lowest BCUT2D eigenvalue weighted by atomic mass is 10.0. The molecule has 27 heavy (non-hydrogen) atoms. The number of hydrogen-bond donors (Lipinski definition) is 2. The second-order valence-electron chi connectivity index (χ2n) is 7.53. The number of aliphatic carboxylic acids is 1. The van der Waals surface area contributed by atoms with Gasteiger partial charge < -0.3 is 10.2 Å². The Morgan fingerprint density at radius 3 is 2.11 bits per heavy atom. The molecule has 0 spiro atoms. The van der Waals surface area contributed by atoms with Gasteiger partial charge in [0.05, 0.1) is 6.42 Å². The van der Waals surface area contributed by atoms with E-state index in [1.165, 1.54) is 16.7 Å². The van der Waals surface area contributed by atoms with Crippen molar-refractivity contribution in [2.24, 2.45) is 0 Å². The van der Waals surface area contributed by atoms with Crippen LogP contribution in [0.1, 0.15) is 70.9 Å². The zero-order valence-electron chi connectivity index (χ0n) is 17.2. The average molecular weight is 371 g/mol. The largest absolute Gasteiger partial charge is 0.508 e. The minimum Gasteiger partial charge on any atom is -0.508 e. The molecule has 0 aliphatic heterocycles. The predicted octanol–water partition coefficient (Wildman–Crippen LogP) is 6.37. The van der Waals surface area contributed by atoms with Crippen LogP contribution in [0.2, 0.25) is 0 Å². The Kier molecular flexibility index (Phi) is 10.2. The van der Waals surface area contributed by atoms with Crippen LogP contribution in [0.15, 0.2) is 53.1 Å². The molecular formula is C24H34O3. The molecule has 0 atom stereocenters. The number of hydrogen-bond acceptors (Lipinski definition) is 2. The summed E-state index contributed by atoms with van der Waals surface area (Å²) in [5.41, 5.74) is 5.76. The highest BCUT2D eigenvalue weighted by Crippen LogP contribution is 2.20. The summed E-state index contributed by atoms with van der Waals surface area (Å²) in [6, 6.07) is 5.25. The highest BCUT2D eigenvalue weighted by Gasteiger charge is 2.07. The van der Waals surface area contributed by atoms with Crippen molar-refractivity contribution in [2.45, 2.75) is 72.6 Å². The first kappa shape index (κ1) is 22.8. The lowest BCUT2D eigenvalue weighted by molar-refractivity contribution is -0.136. The Morgan fingerprint density at radius 2 is 1.52 bits per heavy atom. The van der Waals surface area contributed by atoms with E-state index in [4.69, 9.17) is 5.11 Å². The van der Waals surface area contributed by atoms with Gasteiger partial charge in [-0.2, -0.15) is 0 Å². The van der Waals surface area contributed by atoms with E-state index in [0.717, 1.165) is 44.1 Å². The van der Waals surface area contributed by atoms with Crippen LogP contribution in [-0.4, -0.2) is 16.2 Å². The standard InChI is InChI=1S/C24H34O3/c1-18(2)8-5-9-19(3)10-6-11-20(4)12-7-13-21-14-15-23(25)22(16-21)17-24(26)27/h8,10,12,14-16,25H,5-7,9,11,13,17H2,1-4H3,(H,26,27)/b19-10+,20-12+. The molecule has 148 valence electrons. The normalized spacial score (nSPS) is 12.1. The van der Waals surface area contributed by atoms with Gasteiger partial charge in [0.25, 0.3) is 0 Å². The van der Waals surface area contributed by atoms with Gasteiger partial charge in [0, 0.05) is 5.56 Å². The molecule has 0 aliphatic rings. The summed E-state index contributed by atoms with van der Waals surface area (Å²) >= 11 is 0. The fraction of sp³-hybridized carbons (Fsp3) is 0.458. The van der Waals surface area contributed by atoms with Crippen molar-refractivity contribution in [1.29, 1.82) is 0 Å². The third-order valence-electron chi connectivity index (χ3n) is 4.53. The van der Waals surface area contributed by atoms with Crippen LogP contribution in [0.4, 0.5) is 0 Å². The minimum absolute atomic E-state index is 0.0552. The fourth-order valence-electron chi connectivity index (χ4n) is 2.92. The van der Waals surface area contributed by atoms with Crippen LogP contribution in [0, 0.1) is 0 Å². The SMILES string of the molecule is CC(C)=CCC/C(C)=C/CC/C(C)=C/CCc1ccc(O)c(CC(=O)O)c1. The second kappa shape index (κ2) is 12.2. The van der Waals surface area contributed by atoms with E-state index in [-0.39, 0.29) is 12.2 Å². The number of aryl methyl sites for hydroxylation is 1. The second-order valence-corrected chi connectivity index (χ2v) is 7.53. The predicted molar refractivity (Wildman–Crippen MR) is 113 cm³/mol. The first-order valence-electron chi connectivity index (χ1n) is 9.75. The molecule has 1 aromatic carbocycles. The maximum Gasteiger partial charge on any atom is 0.307 e. The Hall–Kier alpha value is -2.29. The molecule has 0 bridgehead atoms. The number of aromatic hydroxyl groups is 1. The summed E-state index contributed by atoms with van der Waals surface area (Å²) in [4.78, 5) is 10.8. The van der Waals surface area contributed by atoms with Crippen molar-refractivity contribution in [2.75, 3.05) is 0 Å². The molecule has 3 nitrogen and oxygen atoms in total. The average Bonchev–Trinajstić information content (AvgIpc) is 2.57. The molecule has 1 rings (SSSR count). The van der Waals surface area contributed by atoms with Crippen LogP contribution in [0.25, 0.3) is 0 Å². The highest BCUT2D eigenvalue weighted by molar-refractivity contribution is 5.71. The number of phenolic OH excluding ortho intramolecular Hbond substituents is 1. The molecule has 0 aromatic heterocycles. The molecule has 1 aromatic rings. The fourth-order valence-corrected chi connectivity index (χ4v) is 2.92. The van der Waals surface area contributed by atoms with Crippen LogP contribution >= 0.6 is 0 Å². The molecule has 0 aliphatic carbocycles. The third-order valence-corrected chi connectivity index (χ3v) is 4.53. The topological polar surface area (TPSA) is 57.5 Å². The minimum atomic E-state index is -0.928. The van der Waals surface area contributed by atoms with Crippen molar-refractivity contribution in [3.63, 3.8) is 0 Å². The summed E-state index contributed by atoms with van der Waals surface area (Å²) in [7, 11) is 0. The Labute approximate surface area is 164 Å². The molecule has 0 saturated carbocycles. The summed E-state index contributed by atoms with van der Waals surface area (Å²) in [5.74, 6) is -0.873. The number of carbonyl (C=O) groups is 1. The molecule has 0 heterocycles. The number of rotatable bonds is 11. The molecule has 0 radical (unpaired) electrons. The van der Waals surface area contributed by atoms with E-state index in [9.17, 15) is 9.90 Å². The third kappa shape index (κ3) is 10.4. The summed E-state index contributed by atoms with van der Waals surface area (Å²) < 4.78 is 0. The Bertz CT molecular complexity index is 704. The van der Waals surface area contributed by atoms with E-state index >= 15 is 0 Å². The van der Waals surface area contributed by atoms with Gasteiger partial charge >= 0.3 is 5.97 Å². The van der Waals surface area contributed by atoms with Crippen molar-refractivity contribution >= 4 is 5.97 Å². The van der Waals surface area contributed by atoms with E-state index in [1.54, 1.807) is 12.1 Å². The van der Waals surface area contributed by atoms with Gasteiger partial charge in [0.2, 0.25) is 0 Å². The van der Waals surface area contributed by atoms with E-state index < -0.39 is 5.97 Å². The monoisotopic (exact) mass is 370 g/mol. The quantitative estimate of drug-likeness (QED) is 0.445.